The van der Waals surface area contributed by atoms with Gasteiger partial charge in [0.1, 0.15) is 5.92 Å². The fourth-order valence-electron chi connectivity index (χ4n) is 3.22. The monoisotopic (exact) mass is 581 g/mol. The highest BCUT2D eigenvalue weighted by atomic mass is 127. The number of nitriles is 1. The van der Waals surface area contributed by atoms with Gasteiger partial charge in [0.25, 0.3) is 0 Å². The number of halogens is 2. The van der Waals surface area contributed by atoms with E-state index in [2.05, 4.69) is 39.3 Å². The molecule has 1 heterocycles. The third-order valence-electron chi connectivity index (χ3n) is 4.69. The van der Waals surface area contributed by atoms with Crippen molar-refractivity contribution in [1.29, 1.82) is 5.26 Å². The molecule has 0 saturated heterocycles. The van der Waals surface area contributed by atoms with Crippen molar-refractivity contribution in [2.45, 2.75) is 5.92 Å². The lowest BCUT2D eigenvalue weighted by Crippen LogP contribution is -2.44. The Morgan fingerprint density at radius 3 is 2.47 bits per heavy atom. The number of anilines is 1. The average Bonchev–Trinajstić information content (AvgIpc) is 2.78. The van der Waals surface area contributed by atoms with Crippen LogP contribution in [-0.4, -0.2) is 30.6 Å². The number of esters is 1. The van der Waals surface area contributed by atoms with E-state index in [-0.39, 0.29) is 22.3 Å². The summed E-state index contributed by atoms with van der Waals surface area (Å²) in [5.41, 5.74) is 1.38. The number of benzene rings is 2. The summed E-state index contributed by atoms with van der Waals surface area (Å²) in [6.07, 6.45) is 0. The van der Waals surface area contributed by atoms with Gasteiger partial charge < -0.3 is 15.4 Å². The summed E-state index contributed by atoms with van der Waals surface area (Å²) < 4.78 is 5.85. The Morgan fingerprint density at radius 1 is 1.22 bits per heavy atom. The minimum absolute atomic E-state index is 0.0387. The minimum Gasteiger partial charge on any atom is -0.468 e. The highest BCUT2D eigenvalue weighted by Gasteiger charge is 2.44. The number of nitrogens with zero attached hydrogens (tertiary/aromatic N) is 1. The van der Waals surface area contributed by atoms with Crippen molar-refractivity contribution in [2.75, 3.05) is 18.2 Å². The first kappa shape index (κ1) is 24.1. The van der Waals surface area contributed by atoms with E-state index in [1.807, 2.05) is 12.1 Å². The molecule has 1 aliphatic heterocycles. The van der Waals surface area contributed by atoms with Gasteiger partial charge >= 0.3 is 5.97 Å². The Kier molecular flexibility index (Phi) is 8.17. The van der Waals surface area contributed by atoms with Gasteiger partial charge in [-0.2, -0.15) is 5.26 Å². The van der Waals surface area contributed by atoms with E-state index in [0.29, 0.717) is 16.3 Å². The van der Waals surface area contributed by atoms with Crippen LogP contribution in [0.1, 0.15) is 11.5 Å². The fourth-order valence-corrected chi connectivity index (χ4v) is 4.55. The van der Waals surface area contributed by atoms with E-state index < -0.39 is 23.7 Å². The summed E-state index contributed by atoms with van der Waals surface area (Å²) in [5.74, 6) is -3.79. The van der Waals surface area contributed by atoms with Crippen molar-refractivity contribution in [3.63, 3.8) is 0 Å². The van der Waals surface area contributed by atoms with E-state index in [4.69, 9.17) is 16.3 Å². The van der Waals surface area contributed by atoms with Gasteiger partial charge in [0.05, 0.1) is 29.5 Å². The second kappa shape index (κ2) is 10.8. The maximum absolute atomic E-state index is 12.8. The number of amides is 2. The molecule has 2 aromatic carbocycles. The lowest BCUT2D eigenvalue weighted by atomic mass is 9.78. The molecular weight excluding hydrogens is 565 g/mol. The van der Waals surface area contributed by atoms with Crippen LogP contribution >= 0.6 is 46.0 Å². The van der Waals surface area contributed by atoms with Crippen LogP contribution in [0, 0.1) is 20.8 Å². The summed E-state index contributed by atoms with van der Waals surface area (Å²) in [4.78, 5) is 37.5. The van der Waals surface area contributed by atoms with Crippen LogP contribution in [0.4, 0.5) is 5.69 Å². The Balaban J connectivity index is 1.87. The molecule has 2 aromatic rings. The molecule has 3 rings (SSSR count). The number of methoxy groups -OCH3 is 1. The van der Waals surface area contributed by atoms with Gasteiger partial charge in [0.2, 0.25) is 11.8 Å². The molecule has 164 valence electrons. The Bertz CT molecular complexity index is 1110. The highest BCUT2D eigenvalue weighted by Crippen LogP contribution is 2.40. The molecule has 0 bridgehead atoms. The molecule has 2 atom stereocenters. The number of allylic oxidation sites excluding steroid dienone is 1. The van der Waals surface area contributed by atoms with Crippen LogP contribution in [0.15, 0.2) is 59.1 Å². The fraction of sp³-hybridized carbons (Fsp3) is 0.182. The van der Waals surface area contributed by atoms with E-state index in [1.54, 1.807) is 36.4 Å². The molecule has 32 heavy (non-hydrogen) atoms. The van der Waals surface area contributed by atoms with Gasteiger partial charge in [-0.1, -0.05) is 35.5 Å². The predicted octanol–water partition coefficient (Wildman–Crippen LogP) is 4.05. The van der Waals surface area contributed by atoms with Crippen molar-refractivity contribution in [1.82, 2.24) is 5.32 Å². The number of carbonyl (C=O) groups is 3. The summed E-state index contributed by atoms with van der Waals surface area (Å²) >= 11 is 9.16. The second-order valence-electron chi connectivity index (χ2n) is 6.72. The Morgan fingerprint density at radius 2 is 1.88 bits per heavy atom. The zero-order valence-electron chi connectivity index (χ0n) is 16.7. The topological polar surface area (TPSA) is 108 Å². The first-order valence-electron chi connectivity index (χ1n) is 9.30. The number of hydrogen-bond acceptors (Lipinski definition) is 6. The van der Waals surface area contributed by atoms with Crippen molar-refractivity contribution >= 4 is 69.4 Å². The quantitative estimate of drug-likeness (QED) is 0.303. The van der Waals surface area contributed by atoms with Gasteiger partial charge in [-0.15, -0.1) is 0 Å². The van der Waals surface area contributed by atoms with Crippen molar-refractivity contribution in [2.24, 2.45) is 5.92 Å². The number of hydrogen-bond donors (Lipinski definition) is 2. The van der Waals surface area contributed by atoms with Crippen molar-refractivity contribution in [3.8, 4) is 6.07 Å². The molecule has 1 aliphatic rings. The number of nitrogens with one attached hydrogen (secondary N) is 2. The number of rotatable bonds is 6. The van der Waals surface area contributed by atoms with Gasteiger partial charge in [0, 0.05) is 20.2 Å². The summed E-state index contributed by atoms with van der Waals surface area (Å²) in [7, 11) is 1.18. The van der Waals surface area contributed by atoms with Crippen LogP contribution in [0.3, 0.4) is 0 Å². The standard InChI is InChI=1S/C22H17ClIN3O4S/c1-31-22(30)19-18(12-2-4-13(23)5-3-12)16(10-25)21(27-20(19)29)32-11-17(28)26-15-8-6-14(24)7-9-15/h2-9,18-19H,11H2,1H3,(H,26,28)(H,27,29)/t18-,19-/m1/s1. The molecule has 2 amide bonds. The molecule has 0 unspecified atom stereocenters. The largest absolute Gasteiger partial charge is 0.468 e. The summed E-state index contributed by atoms with van der Waals surface area (Å²) in [6.45, 7) is 0. The first-order valence-corrected chi connectivity index (χ1v) is 11.7. The molecule has 0 radical (unpaired) electrons. The Labute approximate surface area is 207 Å². The molecule has 7 nitrogen and oxygen atoms in total. The van der Waals surface area contributed by atoms with Gasteiger partial charge in [-0.3, -0.25) is 14.4 Å². The van der Waals surface area contributed by atoms with E-state index in [9.17, 15) is 19.6 Å². The number of carbonyl (C=O) groups excluding carboxylic acids is 3. The highest BCUT2D eigenvalue weighted by molar-refractivity contribution is 14.1. The summed E-state index contributed by atoms with van der Waals surface area (Å²) in [5, 5.41) is 16.0. The molecule has 0 aromatic heterocycles. The molecule has 0 spiro atoms. The van der Waals surface area contributed by atoms with Crippen LogP contribution in [-0.2, 0) is 19.1 Å². The third kappa shape index (κ3) is 5.62. The zero-order valence-corrected chi connectivity index (χ0v) is 20.5. The van der Waals surface area contributed by atoms with Gasteiger partial charge in [-0.25, -0.2) is 0 Å². The van der Waals surface area contributed by atoms with E-state index >= 15 is 0 Å². The smallest absolute Gasteiger partial charge is 0.319 e. The van der Waals surface area contributed by atoms with Crippen molar-refractivity contribution < 1.29 is 19.1 Å². The van der Waals surface area contributed by atoms with Gasteiger partial charge in [0.15, 0.2) is 0 Å². The molecule has 0 fully saturated rings. The predicted molar refractivity (Wildman–Crippen MR) is 131 cm³/mol. The third-order valence-corrected chi connectivity index (χ3v) is 6.68. The normalized spacial score (nSPS) is 17.9. The lowest BCUT2D eigenvalue weighted by Gasteiger charge is -2.30. The molecule has 0 aliphatic carbocycles. The van der Waals surface area contributed by atoms with Crippen LogP contribution < -0.4 is 10.6 Å². The lowest BCUT2D eigenvalue weighted by molar-refractivity contribution is -0.150. The van der Waals surface area contributed by atoms with Crippen molar-refractivity contribution in [3.05, 3.63) is 73.3 Å². The molecule has 10 heteroatoms. The number of thioether (sulfide) groups is 1. The first-order chi connectivity index (χ1) is 15.3. The average molecular weight is 582 g/mol. The van der Waals surface area contributed by atoms with Crippen LogP contribution in [0.5, 0.6) is 0 Å². The molecular formula is C22H17ClIN3O4S. The molecule has 0 saturated carbocycles. The SMILES string of the molecule is COC(=O)[C@H]1C(=O)NC(SCC(=O)Nc2ccc(I)cc2)=C(C#N)[C@H]1c1ccc(Cl)cc1. The molecule has 2 N–H and O–H groups in total. The zero-order chi connectivity index (χ0) is 23.3. The summed E-state index contributed by atoms with van der Waals surface area (Å²) in [6, 6.07) is 15.9. The maximum Gasteiger partial charge on any atom is 0.319 e. The number of ether oxygens (including phenoxy) is 1. The van der Waals surface area contributed by atoms with E-state index in [1.165, 1.54) is 7.11 Å². The van der Waals surface area contributed by atoms with Crippen LogP contribution in [0.25, 0.3) is 0 Å². The maximum atomic E-state index is 12.8. The van der Waals surface area contributed by atoms with E-state index in [0.717, 1.165) is 15.3 Å². The van der Waals surface area contributed by atoms with Crippen LogP contribution in [0.2, 0.25) is 5.02 Å². The Hall–Kier alpha value is -2.55. The second-order valence-corrected chi connectivity index (χ2v) is 9.39. The van der Waals surface area contributed by atoms with Gasteiger partial charge in [-0.05, 0) is 64.6 Å². The minimum atomic E-state index is -1.24.